The summed E-state index contributed by atoms with van der Waals surface area (Å²) in [7, 11) is -3.82. The minimum absolute atomic E-state index is 0.0125. The second-order valence-electron chi connectivity index (χ2n) is 16.8. The van der Waals surface area contributed by atoms with Crippen molar-refractivity contribution in [3.8, 4) is 0 Å². The van der Waals surface area contributed by atoms with Crippen LogP contribution in [0.15, 0.2) is 41.2 Å². The molecule has 0 amide bonds. The number of hydrogen-bond donors (Lipinski definition) is 0. The number of ketones is 2. The van der Waals surface area contributed by atoms with Crippen LogP contribution in [0, 0.1) is 34.5 Å². The monoisotopic (exact) mass is 718 g/mol. The number of aromatic nitrogens is 2. The Kier molecular flexibility index (Phi) is 8.88. The predicted octanol–water partition coefficient (Wildman–Crippen LogP) is 4.76. The SMILES string of the molecule is CC1C[C@@H]2C(=CC[C@]3(C)[C@@H](C(=O)CN4CCN(c5cc(N6CCCC6)nc(N6CCCC6)n5)CC4)CC[C@@H]23)[C@@]2(C)C(OS(C)(=O)=O)=CC(=O)C=C12. The van der Waals surface area contributed by atoms with E-state index in [-0.39, 0.29) is 34.7 Å². The van der Waals surface area contributed by atoms with E-state index in [2.05, 4.69) is 45.6 Å². The first-order valence-electron chi connectivity index (χ1n) is 19.3. The summed E-state index contributed by atoms with van der Waals surface area (Å²) >= 11 is 0. The molecule has 4 aliphatic carbocycles. The zero-order valence-corrected chi connectivity index (χ0v) is 31.6. The zero-order valence-electron chi connectivity index (χ0n) is 30.8. The molecule has 3 aliphatic heterocycles. The van der Waals surface area contributed by atoms with Gasteiger partial charge in [-0.15, -0.1) is 0 Å². The largest absolute Gasteiger partial charge is 0.386 e. The first-order valence-corrected chi connectivity index (χ1v) is 21.1. The molecular weight excluding hydrogens is 665 g/mol. The van der Waals surface area contributed by atoms with Crippen LogP contribution >= 0.6 is 0 Å². The number of fused-ring (bicyclic) bond motifs is 5. The van der Waals surface area contributed by atoms with Crippen LogP contribution in [0.25, 0.3) is 0 Å². The molecule has 3 saturated heterocycles. The molecule has 1 unspecified atom stereocenters. The van der Waals surface area contributed by atoms with Crippen LogP contribution in [0.3, 0.4) is 0 Å². The van der Waals surface area contributed by atoms with Gasteiger partial charge >= 0.3 is 10.1 Å². The quantitative estimate of drug-likeness (QED) is 0.274. The van der Waals surface area contributed by atoms with E-state index < -0.39 is 15.5 Å². The standard InChI is InChI=1S/C39H54N6O5S/c1-26-21-28-29-9-10-31(38(29,2)12-11-30(28)39(3)32(26)22-27(46)23-34(39)50-51(4,48)49)33(47)25-42-17-19-44(20-18-42)36-24-35(43-13-5-6-14-43)40-37(41-36)45-15-7-8-16-45/h11,22-24,26,28-29,31H,5-10,12-21,25H2,1-4H3/t26?,28-,29-,31+,38-,39+/m0/s1. The van der Waals surface area contributed by atoms with Crippen molar-refractivity contribution < 1.29 is 22.2 Å². The molecule has 0 N–H and O–H groups in total. The van der Waals surface area contributed by atoms with Crippen molar-refractivity contribution >= 4 is 39.3 Å². The van der Waals surface area contributed by atoms with Gasteiger partial charge in [0.05, 0.1) is 18.2 Å². The van der Waals surface area contributed by atoms with Gasteiger partial charge in [-0.05, 0) is 93.1 Å². The number of nitrogens with zero attached hydrogens (tertiary/aromatic N) is 6. The van der Waals surface area contributed by atoms with Crippen molar-refractivity contribution in [1.29, 1.82) is 0 Å². The van der Waals surface area contributed by atoms with E-state index in [9.17, 15) is 18.0 Å². The van der Waals surface area contributed by atoms with Gasteiger partial charge in [0.2, 0.25) is 5.95 Å². The van der Waals surface area contributed by atoms with Crippen molar-refractivity contribution in [2.45, 2.75) is 72.1 Å². The fourth-order valence-corrected chi connectivity index (χ4v) is 11.5. The van der Waals surface area contributed by atoms with Crippen LogP contribution in [0.1, 0.15) is 72.1 Å². The molecule has 51 heavy (non-hydrogen) atoms. The third-order valence-corrected chi connectivity index (χ3v) is 14.1. The number of Topliss-reactive ketones (excluding diaryl/α,β-unsaturated/α-hetero) is 1. The topological polar surface area (TPSA) is 116 Å². The van der Waals surface area contributed by atoms with Crippen molar-refractivity contribution in [3.63, 3.8) is 0 Å². The van der Waals surface area contributed by atoms with E-state index in [0.717, 1.165) is 113 Å². The molecule has 6 atom stereocenters. The molecule has 0 aromatic carbocycles. The Morgan fingerprint density at radius 1 is 0.882 bits per heavy atom. The lowest BCUT2D eigenvalue weighted by Gasteiger charge is -2.54. The summed E-state index contributed by atoms with van der Waals surface area (Å²) in [6.07, 6.45) is 14.7. The van der Waals surface area contributed by atoms with E-state index in [1.807, 2.05) is 6.92 Å². The summed E-state index contributed by atoms with van der Waals surface area (Å²) in [4.78, 5) is 46.4. The molecule has 276 valence electrons. The average Bonchev–Trinajstić information content (AvgIpc) is 3.87. The number of carbonyl (C=O) groups excluding carboxylic acids is 2. The fourth-order valence-electron chi connectivity index (χ4n) is 11.0. The highest BCUT2D eigenvalue weighted by Crippen LogP contribution is 2.66. The Morgan fingerprint density at radius 2 is 1.51 bits per heavy atom. The van der Waals surface area contributed by atoms with Gasteiger partial charge < -0.3 is 18.9 Å². The maximum absolute atomic E-state index is 14.2. The zero-order chi connectivity index (χ0) is 35.7. The summed E-state index contributed by atoms with van der Waals surface area (Å²) < 4.78 is 30.2. The third-order valence-electron chi connectivity index (χ3n) is 13.6. The van der Waals surface area contributed by atoms with E-state index >= 15 is 0 Å². The van der Waals surface area contributed by atoms with Gasteiger partial charge in [-0.2, -0.15) is 18.4 Å². The van der Waals surface area contributed by atoms with E-state index in [1.165, 1.54) is 31.8 Å². The molecule has 4 heterocycles. The van der Waals surface area contributed by atoms with Crippen LogP contribution in [-0.4, -0.2) is 100 Å². The molecule has 0 bridgehead atoms. The predicted molar refractivity (Wildman–Crippen MR) is 198 cm³/mol. The van der Waals surface area contributed by atoms with E-state index in [4.69, 9.17) is 14.2 Å². The molecule has 2 saturated carbocycles. The number of hydrogen-bond acceptors (Lipinski definition) is 11. The highest BCUT2D eigenvalue weighted by molar-refractivity contribution is 7.86. The van der Waals surface area contributed by atoms with Gasteiger partial charge in [-0.1, -0.05) is 25.5 Å². The van der Waals surface area contributed by atoms with Crippen molar-refractivity contribution in [2.24, 2.45) is 34.5 Å². The number of carbonyl (C=O) groups is 2. The number of anilines is 3. The Morgan fingerprint density at radius 3 is 2.16 bits per heavy atom. The molecule has 8 rings (SSSR count). The second kappa shape index (κ2) is 13.0. The van der Waals surface area contributed by atoms with Crippen LogP contribution in [0.5, 0.6) is 0 Å². The van der Waals surface area contributed by atoms with Gasteiger partial charge in [-0.3, -0.25) is 14.5 Å². The summed E-state index contributed by atoms with van der Waals surface area (Å²) in [5.74, 6) is 3.84. The molecule has 12 heteroatoms. The lowest BCUT2D eigenvalue weighted by Crippen LogP contribution is -2.51. The lowest BCUT2D eigenvalue weighted by atomic mass is 9.50. The number of rotatable bonds is 8. The molecule has 0 spiro atoms. The lowest BCUT2D eigenvalue weighted by molar-refractivity contribution is -0.128. The summed E-state index contributed by atoms with van der Waals surface area (Å²) in [6, 6.07) is 2.18. The van der Waals surface area contributed by atoms with Crippen LogP contribution in [0.4, 0.5) is 17.6 Å². The highest BCUT2D eigenvalue weighted by Gasteiger charge is 2.60. The first-order chi connectivity index (χ1) is 24.3. The van der Waals surface area contributed by atoms with Crippen molar-refractivity contribution in [3.05, 3.63) is 41.2 Å². The smallest absolute Gasteiger partial charge is 0.305 e. The third kappa shape index (κ3) is 6.21. The van der Waals surface area contributed by atoms with Gasteiger partial charge in [-0.25, -0.2) is 0 Å². The van der Waals surface area contributed by atoms with Crippen LogP contribution in [-0.2, 0) is 23.9 Å². The maximum atomic E-state index is 14.2. The van der Waals surface area contributed by atoms with Gasteiger partial charge in [0, 0.05) is 70.4 Å². The Hall–Kier alpha value is -3.25. The molecule has 7 aliphatic rings. The first kappa shape index (κ1) is 34.8. The van der Waals surface area contributed by atoms with Crippen molar-refractivity contribution in [1.82, 2.24) is 14.9 Å². The van der Waals surface area contributed by atoms with Gasteiger partial charge in [0.25, 0.3) is 0 Å². The molecule has 5 fully saturated rings. The number of piperazine rings is 1. The van der Waals surface area contributed by atoms with Gasteiger partial charge in [0.15, 0.2) is 5.78 Å². The maximum Gasteiger partial charge on any atom is 0.305 e. The Balaban J connectivity index is 0.959. The Bertz CT molecular complexity index is 1750. The summed E-state index contributed by atoms with van der Waals surface area (Å²) in [5, 5.41) is 0. The molecule has 1 aromatic rings. The van der Waals surface area contributed by atoms with E-state index in [1.54, 1.807) is 6.08 Å². The highest BCUT2D eigenvalue weighted by atomic mass is 32.2. The average molecular weight is 719 g/mol. The van der Waals surface area contributed by atoms with Gasteiger partial charge in [0.1, 0.15) is 23.2 Å². The Labute approximate surface area is 303 Å². The van der Waals surface area contributed by atoms with Crippen LogP contribution < -0.4 is 14.7 Å². The van der Waals surface area contributed by atoms with Crippen molar-refractivity contribution in [2.75, 3.05) is 79.9 Å². The minimum Gasteiger partial charge on any atom is -0.386 e. The molecule has 1 aromatic heterocycles. The summed E-state index contributed by atoms with van der Waals surface area (Å²) in [6.45, 7) is 14.4. The number of allylic oxidation sites excluding steroid dienone is 4. The summed E-state index contributed by atoms with van der Waals surface area (Å²) in [5.41, 5.74) is 1.16. The minimum atomic E-state index is -3.82. The van der Waals surface area contributed by atoms with E-state index in [0.29, 0.717) is 18.2 Å². The molecular formula is C39H54N6O5S. The fraction of sp³-hybridized carbons (Fsp3) is 0.692. The van der Waals surface area contributed by atoms with Crippen LogP contribution in [0.2, 0.25) is 0 Å². The molecule has 0 radical (unpaired) electrons. The molecule has 11 nitrogen and oxygen atoms in total. The second-order valence-corrected chi connectivity index (χ2v) is 18.3. The normalized spacial score (nSPS) is 34.1.